The molecule has 0 saturated carbocycles. The Labute approximate surface area is 173 Å². The summed E-state index contributed by atoms with van der Waals surface area (Å²) >= 11 is 3.19. The van der Waals surface area contributed by atoms with E-state index >= 15 is 0 Å². The molecule has 1 aliphatic rings. The van der Waals surface area contributed by atoms with Crippen molar-refractivity contribution in [3.63, 3.8) is 0 Å². The first-order valence-electron chi connectivity index (χ1n) is 9.32. The van der Waals surface area contributed by atoms with Crippen molar-refractivity contribution in [3.05, 3.63) is 58.5 Å². The number of nitrogens with zero attached hydrogens (tertiary/aromatic N) is 5. The van der Waals surface area contributed by atoms with Crippen molar-refractivity contribution >= 4 is 34.7 Å². The van der Waals surface area contributed by atoms with E-state index < -0.39 is 0 Å². The molecule has 1 aromatic carbocycles. The van der Waals surface area contributed by atoms with Crippen molar-refractivity contribution in [1.29, 1.82) is 0 Å². The van der Waals surface area contributed by atoms with Crippen LogP contribution in [0.15, 0.2) is 53.0 Å². The van der Waals surface area contributed by atoms with Gasteiger partial charge in [0.25, 0.3) is 0 Å². The first-order chi connectivity index (χ1) is 13.7. The van der Waals surface area contributed by atoms with Crippen LogP contribution in [0.4, 0.5) is 5.69 Å². The first kappa shape index (κ1) is 19.0. The van der Waals surface area contributed by atoms with Gasteiger partial charge < -0.3 is 14.4 Å². The maximum atomic E-state index is 12.6. The second-order valence-corrected chi connectivity index (χ2v) is 8.68. The predicted molar refractivity (Wildman–Crippen MR) is 114 cm³/mol. The minimum atomic E-state index is 0.167. The number of rotatable bonds is 6. The first-order valence-corrected chi connectivity index (χ1v) is 11.2. The van der Waals surface area contributed by atoms with Crippen molar-refractivity contribution in [2.24, 2.45) is 7.05 Å². The summed E-state index contributed by atoms with van der Waals surface area (Å²) in [5, 5.41) is 11.4. The number of carbonyl (C=O) groups excluding carboxylic acids is 1. The second kappa shape index (κ2) is 8.79. The maximum absolute atomic E-state index is 12.6. The molecule has 2 aromatic heterocycles. The molecule has 3 heterocycles. The summed E-state index contributed by atoms with van der Waals surface area (Å²) in [6.45, 7) is 3.26. The third-order valence-electron chi connectivity index (χ3n) is 4.92. The van der Waals surface area contributed by atoms with Crippen molar-refractivity contribution in [2.75, 3.05) is 36.8 Å². The van der Waals surface area contributed by atoms with Gasteiger partial charge in [0.2, 0.25) is 5.91 Å². The van der Waals surface area contributed by atoms with Gasteiger partial charge in [0.15, 0.2) is 5.16 Å². The second-order valence-electron chi connectivity index (χ2n) is 6.71. The number of benzene rings is 1. The Balaban J connectivity index is 1.28. The molecule has 8 heteroatoms. The summed E-state index contributed by atoms with van der Waals surface area (Å²) in [6, 6.07) is 14.5. The van der Waals surface area contributed by atoms with Crippen LogP contribution in [0.25, 0.3) is 0 Å². The van der Waals surface area contributed by atoms with Gasteiger partial charge in [0.1, 0.15) is 5.82 Å². The fourth-order valence-corrected chi connectivity index (χ4v) is 4.80. The van der Waals surface area contributed by atoms with Crippen LogP contribution in [-0.2, 0) is 18.3 Å². The van der Waals surface area contributed by atoms with Gasteiger partial charge in [-0.2, -0.15) is 0 Å². The van der Waals surface area contributed by atoms with Gasteiger partial charge in [-0.1, -0.05) is 36.0 Å². The SMILES string of the molecule is Cn1c(Cc2cccs2)nnc1SCC(=O)N1CCN(c2ccccc2)CC1. The zero-order valence-electron chi connectivity index (χ0n) is 15.8. The molecular weight excluding hydrogens is 390 g/mol. The molecule has 0 spiro atoms. The molecule has 1 saturated heterocycles. The summed E-state index contributed by atoms with van der Waals surface area (Å²) in [5.41, 5.74) is 1.22. The monoisotopic (exact) mass is 413 g/mol. The Morgan fingerprint density at radius 1 is 1.07 bits per heavy atom. The van der Waals surface area contributed by atoms with E-state index in [0.29, 0.717) is 5.75 Å². The van der Waals surface area contributed by atoms with E-state index in [1.165, 1.54) is 22.3 Å². The van der Waals surface area contributed by atoms with Gasteiger partial charge in [-0.15, -0.1) is 21.5 Å². The fraction of sp³-hybridized carbons (Fsp3) is 0.350. The zero-order chi connectivity index (χ0) is 19.3. The van der Waals surface area contributed by atoms with Gasteiger partial charge in [0, 0.05) is 50.2 Å². The molecule has 4 rings (SSSR count). The van der Waals surface area contributed by atoms with E-state index in [1.807, 2.05) is 28.6 Å². The quantitative estimate of drug-likeness (QED) is 0.582. The number of anilines is 1. The number of carbonyl (C=O) groups is 1. The highest BCUT2D eigenvalue weighted by molar-refractivity contribution is 7.99. The number of hydrogen-bond donors (Lipinski definition) is 0. The summed E-state index contributed by atoms with van der Waals surface area (Å²) in [4.78, 5) is 18.2. The Hall–Kier alpha value is -2.32. The average molecular weight is 414 g/mol. The van der Waals surface area contributed by atoms with Crippen molar-refractivity contribution in [3.8, 4) is 0 Å². The molecule has 0 N–H and O–H groups in total. The van der Waals surface area contributed by atoms with Crippen LogP contribution in [0.5, 0.6) is 0 Å². The van der Waals surface area contributed by atoms with Crippen molar-refractivity contribution < 1.29 is 4.79 Å². The highest BCUT2D eigenvalue weighted by Crippen LogP contribution is 2.20. The van der Waals surface area contributed by atoms with Gasteiger partial charge in [-0.05, 0) is 23.6 Å². The van der Waals surface area contributed by atoms with Crippen LogP contribution in [0.3, 0.4) is 0 Å². The molecule has 146 valence electrons. The topological polar surface area (TPSA) is 54.3 Å². The lowest BCUT2D eigenvalue weighted by molar-refractivity contribution is -0.128. The van der Waals surface area contributed by atoms with E-state index in [2.05, 4.69) is 50.8 Å². The molecule has 3 aromatic rings. The maximum Gasteiger partial charge on any atom is 0.233 e. The standard InChI is InChI=1S/C20H23N5OS2/c1-23-18(14-17-8-5-13-27-17)21-22-20(23)28-15-19(26)25-11-9-24(10-12-25)16-6-3-2-4-7-16/h2-8,13H,9-12,14-15H2,1H3. The number of thioether (sulfide) groups is 1. The largest absolute Gasteiger partial charge is 0.368 e. The van der Waals surface area contributed by atoms with E-state index in [0.717, 1.165) is 43.6 Å². The Morgan fingerprint density at radius 3 is 2.57 bits per heavy atom. The van der Waals surface area contributed by atoms with E-state index in [-0.39, 0.29) is 5.91 Å². The van der Waals surface area contributed by atoms with Crippen molar-refractivity contribution in [2.45, 2.75) is 11.6 Å². The minimum Gasteiger partial charge on any atom is -0.368 e. The Morgan fingerprint density at radius 2 is 1.86 bits per heavy atom. The van der Waals surface area contributed by atoms with Gasteiger partial charge in [-0.25, -0.2) is 0 Å². The van der Waals surface area contributed by atoms with Crippen molar-refractivity contribution in [1.82, 2.24) is 19.7 Å². The molecule has 1 aliphatic heterocycles. The molecule has 0 bridgehead atoms. The predicted octanol–water partition coefficient (Wildman–Crippen LogP) is 2.91. The number of amides is 1. The molecule has 1 amide bonds. The van der Waals surface area contributed by atoms with E-state index in [1.54, 1.807) is 11.3 Å². The summed E-state index contributed by atoms with van der Waals surface area (Å²) in [7, 11) is 1.97. The zero-order valence-corrected chi connectivity index (χ0v) is 17.5. The lowest BCUT2D eigenvalue weighted by atomic mass is 10.2. The normalized spacial score (nSPS) is 14.5. The van der Waals surface area contributed by atoms with Crippen LogP contribution >= 0.6 is 23.1 Å². The van der Waals surface area contributed by atoms with Crippen LogP contribution in [0, 0.1) is 0 Å². The molecule has 0 unspecified atom stereocenters. The number of aromatic nitrogens is 3. The third kappa shape index (κ3) is 4.39. The highest BCUT2D eigenvalue weighted by Gasteiger charge is 2.22. The van der Waals surface area contributed by atoms with E-state index in [9.17, 15) is 4.79 Å². The molecular formula is C20H23N5OS2. The highest BCUT2D eigenvalue weighted by atomic mass is 32.2. The summed E-state index contributed by atoms with van der Waals surface area (Å²) in [6.07, 6.45) is 0.775. The number of para-hydroxylation sites is 1. The summed E-state index contributed by atoms with van der Waals surface area (Å²) < 4.78 is 1.99. The fourth-order valence-electron chi connectivity index (χ4n) is 3.26. The lowest BCUT2D eigenvalue weighted by Crippen LogP contribution is -2.49. The van der Waals surface area contributed by atoms with Crippen LogP contribution in [-0.4, -0.2) is 57.5 Å². The van der Waals surface area contributed by atoms with Gasteiger partial charge in [-0.3, -0.25) is 4.79 Å². The van der Waals surface area contributed by atoms with Crippen LogP contribution in [0.1, 0.15) is 10.7 Å². The Bertz CT molecular complexity index is 902. The minimum absolute atomic E-state index is 0.167. The number of thiophene rings is 1. The molecule has 0 aliphatic carbocycles. The molecule has 6 nitrogen and oxygen atoms in total. The van der Waals surface area contributed by atoms with Crippen LogP contribution in [0.2, 0.25) is 0 Å². The molecule has 0 atom stereocenters. The van der Waals surface area contributed by atoms with Gasteiger partial charge in [0.05, 0.1) is 5.75 Å². The van der Waals surface area contributed by atoms with Gasteiger partial charge >= 0.3 is 0 Å². The van der Waals surface area contributed by atoms with Crippen LogP contribution < -0.4 is 4.90 Å². The Kier molecular flexibility index (Phi) is 5.97. The molecule has 1 fully saturated rings. The third-order valence-corrected chi connectivity index (χ3v) is 6.80. The number of piperazine rings is 1. The molecule has 0 radical (unpaired) electrons. The van der Waals surface area contributed by atoms with E-state index in [4.69, 9.17) is 0 Å². The lowest BCUT2D eigenvalue weighted by Gasteiger charge is -2.36. The summed E-state index contributed by atoms with van der Waals surface area (Å²) in [5.74, 6) is 1.49. The average Bonchev–Trinajstić information content (AvgIpc) is 3.38. The molecule has 28 heavy (non-hydrogen) atoms. The smallest absolute Gasteiger partial charge is 0.233 e. The number of hydrogen-bond acceptors (Lipinski definition) is 6.